The van der Waals surface area contributed by atoms with Gasteiger partial charge < -0.3 is 14.5 Å². The number of ether oxygens (including phenoxy) is 1. The van der Waals surface area contributed by atoms with Gasteiger partial charge in [0.2, 0.25) is 6.71 Å². The Kier molecular flexibility index (Phi) is 9.48. The average Bonchev–Trinajstić information content (AvgIpc) is 4.07. The van der Waals surface area contributed by atoms with Gasteiger partial charge in [0.1, 0.15) is 24.0 Å². The van der Waals surface area contributed by atoms with E-state index in [9.17, 15) is 0 Å². The van der Waals surface area contributed by atoms with Crippen LogP contribution in [-0.4, -0.2) is 31.0 Å². The molecule has 0 fully saturated rings. The Morgan fingerprint density at radius 2 is 1.08 bits per heavy atom. The van der Waals surface area contributed by atoms with Crippen molar-refractivity contribution < 1.29 is 4.74 Å². The molecule has 0 atom stereocenters. The lowest BCUT2D eigenvalue weighted by atomic mass is 9.42. The lowest BCUT2D eigenvalue weighted by Gasteiger charge is -2.40. The minimum absolute atomic E-state index is 0.0470. The molecule has 14 rings (SSSR count). The van der Waals surface area contributed by atoms with Gasteiger partial charge in [0, 0.05) is 45.9 Å². The number of para-hydroxylation sites is 3. The molecular weight excluding hydrogens is 892 g/mol. The number of rotatable bonds is 7. The zero-order chi connectivity index (χ0) is 48.3. The maximum absolute atomic E-state index is 7.31. The summed E-state index contributed by atoms with van der Waals surface area (Å²) in [5, 5.41) is 8.42. The van der Waals surface area contributed by atoms with E-state index < -0.39 is 8.07 Å². The quantitative estimate of drug-likeness (QED) is 0.149. The van der Waals surface area contributed by atoms with Gasteiger partial charge >= 0.3 is 0 Å². The van der Waals surface area contributed by atoms with Crippen LogP contribution in [0.15, 0.2) is 225 Å². The molecule has 9 aromatic carbocycles. The van der Waals surface area contributed by atoms with Gasteiger partial charge in [0.05, 0.1) is 28.1 Å². The van der Waals surface area contributed by atoms with Gasteiger partial charge in [0.15, 0.2) is 8.07 Å². The Morgan fingerprint density at radius 3 is 1.76 bits per heavy atom. The molecule has 0 radical (unpaired) electrons. The van der Waals surface area contributed by atoms with E-state index in [0.717, 1.165) is 39.9 Å². The summed E-state index contributed by atoms with van der Waals surface area (Å²) in [6.07, 6.45) is 1.97. The van der Waals surface area contributed by atoms with Crippen LogP contribution in [0.2, 0.25) is 6.82 Å². The summed E-state index contributed by atoms with van der Waals surface area (Å²) < 4.78 is 9.71. The molecule has 72 heavy (non-hydrogen) atoms. The van der Waals surface area contributed by atoms with Crippen LogP contribution in [-0.2, 0) is 5.41 Å². The van der Waals surface area contributed by atoms with Gasteiger partial charge in [-0.25, -0.2) is 4.98 Å². The largest absolute Gasteiger partial charge is 0.457 e. The Morgan fingerprint density at radius 1 is 0.500 bits per heavy atom. The maximum atomic E-state index is 7.31. The molecule has 0 aliphatic carbocycles. The fourth-order valence-corrected chi connectivity index (χ4v) is 18.4. The zero-order valence-electron chi connectivity index (χ0n) is 40.8. The van der Waals surface area contributed by atoms with Gasteiger partial charge in [-0.3, -0.25) is 4.57 Å². The number of nitrogens with zero attached hydrogens (tertiary/aromatic N) is 4. The van der Waals surface area contributed by atoms with Gasteiger partial charge in [-0.15, -0.1) is 0 Å². The Labute approximate surface area is 422 Å². The van der Waals surface area contributed by atoms with Crippen LogP contribution in [0, 0.1) is 0 Å². The summed E-state index contributed by atoms with van der Waals surface area (Å²) in [4.78, 5) is 10.0. The second kappa shape index (κ2) is 16.1. The monoisotopic (exact) mass is 942 g/mol. The van der Waals surface area contributed by atoms with Crippen LogP contribution < -0.4 is 46.2 Å². The Balaban J connectivity index is 0.934. The highest BCUT2D eigenvalue weighted by Gasteiger charge is 2.54. The average molecular weight is 943 g/mol. The van der Waals surface area contributed by atoms with Crippen LogP contribution in [0.5, 0.6) is 11.5 Å². The molecular formula is C65H51BN4OSi. The first-order valence-corrected chi connectivity index (χ1v) is 27.2. The topological polar surface area (TPSA) is 33.5 Å². The molecule has 2 aromatic heterocycles. The van der Waals surface area contributed by atoms with Crippen molar-refractivity contribution in [3.63, 3.8) is 0 Å². The van der Waals surface area contributed by atoms with Gasteiger partial charge in [-0.2, -0.15) is 0 Å². The number of pyridine rings is 1. The van der Waals surface area contributed by atoms with Crippen molar-refractivity contribution in [3.05, 3.63) is 230 Å². The molecule has 1 spiro atoms. The fourth-order valence-electron chi connectivity index (χ4n) is 12.6. The van der Waals surface area contributed by atoms with Crippen molar-refractivity contribution in [1.29, 1.82) is 0 Å². The maximum Gasteiger partial charge on any atom is 0.206 e. The van der Waals surface area contributed by atoms with Crippen LogP contribution in [0.25, 0.3) is 49.9 Å². The highest BCUT2D eigenvalue weighted by molar-refractivity contribution is 7.28. The SMILES string of the molecule is CB1c2ccccc2[Si]2(c3ccccc31)c1cccc3c1c1c2cc(Oc2cccc(N4CN(c5c(-c6ccccc6)cccc5-c5ccccc5)c5ccccc54)c2)cc1n3-c1cc(C(C)(C)C)ccn1. The van der Waals surface area contributed by atoms with Crippen molar-refractivity contribution >= 4 is 91.0 Å². The van der Waals surface area contributed by atoms with E-state index in [1.165, 1.54) is 81.5 Å². The number of fused-ring (bicyclic) bond motifs is 7. The molecule has 7 heteroatoms. The van der Waals surface area contributed by atoms with E-state index in [0.29, 0.717) is 6.67 Å². The van der Waals surface area contributed by atoms with E-state index in [4.69, 9.17) is 9.72 Å². The first-order chi connectivity index (χ1) is 35.3. The molecule has 0 amide bonds. The van der Waals surface area contributed by atoms with E-state index in [2.05, 4.69) is 260 Å². The van der Waals surface area contributed by atoms with Crippen molar-refractivity contribution in [2.45, 2.75) is 33.0 Å². The summed E-state index contributed by atoms with van der Waals surface area (Å²) in [6, 6.07) is 80.4. The predicted molar refractivity (Wildman–Crippen MR) is 305 cm³/mol. The van der Waals surface area contributed by atoms with Gasteiger partial charge in [0.25, 0.3) is 0 Å². The summed E-state index contributed by atoms with van der Waals surface area (Å²) in [5.41, 5.74) is 15.6. The van der Waals surface area contributed by atoms with Crippen LogP contribution in [0.3, 0.4) is 0 Å². The normalized spacial score (nSPS) is 14.1. The number of hydrogen-bond donors (Lipinski definition) is 0. The highest BCUT2D eigenvalue weighted by Crippen LogP contribution is 2.50. The minimum Gasteiger partial charge on any atom is -0.457 e. The van der Waals surface area contributed by atoms with Crippen molar-refractivity contribution in [2.75, 3.05) is 16.5 Å². The van der Waals surface area contributed by atoms with Crippen molar-refractivity contribution in [2.24, 2.45) is 0 Å². The van der Waals surface area contributed by atoms with Gasteiger partial charge in [-0.1, -0.05) is 207 Å². The third kappa shape index (κ3) is 6.23. The van der Waals surface area contributed by atoms with Crippen LogP contribution in [0.4, 0.5) is 22.7 Å². The first-order valence-electron chi connectivity index (χ1n) is 25.2. The Hall–Kier alpha value is -8.39. The predicted octanol–water partition coefficient (Wildman–Crippen LogP) is 12.1. The molecule has 0 unspecified atom stereocenters. The smallest absolute Gasteiger partial charge is 0.206 e. The molecule has 344 valence electrons. The summed E-state index contributed by atoms with van der Waals surface area (Å²) in [5.74, 6) is 2.52. The highest BCUT2D eigenvalue weighted by atomic mass is 28.3. The van der Waals surface area contributed by atoms with Crippen LogP contribution in [0.1, 0.15) is 26.3 Å². The molecule has 0 saturated heterocycles. The number of benzene rings is 9. The second-order valence-electron chi connectivity index (χ2n) is 20.7. The standard InChI is InChI=1S/C65H51BN4OSi/c1-65(2,3)45-36-37-67-61(38-45)70-55-32-19-35-59-62(55)63-56(70)40-48(41-60(63)72(59)57-33-15-11-28-51(57)66(4)52-29-12-16-34-58(52)72)71-47-25-17-24-46(39-47)68-42-69(54-31-14-13-30-53(54)68)64-49(43-20-7-5-8-21-43)26-18-27-50(64)44-22-9-6-10-23-44/h5-41H,42H2,1-4H3. The summed E-state index contributed by atoms with van der Waals surface area (Å²) in [6.45, 7) is 10.1. The second-order valence-corrected chi connectivity index (χ2v) is 24.4. The van der Waals surface area contributed by atoms with Crippen molar-refractivity contribution in [1.82, 2.24) is 9.55 Å². The number of hydrogen-bond acceptors (Lipinski definition) is 4. The number of anilines is 4. The molecule has 3 aliphatic rings. The minimum atomic E-state index is -2.87. The zero-order valence-corrected chi connectivity index (χ0v) is 41.8. The molecule has 5 heterocycles. The van der Waals surface area contributed by atoms with E-state index in [-0.39, 0.29) is 12.1 Å². The lowest BCUT2D eigenvalue weighted by molar-refractivity contribution is 0.484. The first kappa shape index (κ1) is 42.5. The molecule has 11 aromatic rings. The number of aromatic nitrogens is 2. The summed E-state index contributed by atoms with van der Waals surface area (Å²) >= 11 is 0. The van der Waals surface area contributed by atoms with Crippen LogP contribution >= 0.6 is 0 Å². The van der Waals surface area contributed by atoms with Crippen molar-refractivity contribution in [3.8, 4) is 39.6 Å². The molecule has 0 bridgehead atoms. The van der Waals surface area contributed by atoms with E-state index in [1.807, 2.05) is 6.20 Å². The third-order valence-electron chi connectivity index (χ3n) is 15.8. The van der Waals surface area contributed by atoms with E-state index in [1.54, 1.807) is 0 Å². The fraction of sp³-hybridized carbons (Fsp3) is 0.0923. The summed E-state index contributed by atoms with van der Waals surface area (Å²) in [7, 11) is -2.87. The Bertz CT molecular complexity index is 3870. The molecule has 3 aliphatic heterocycles. The molecule has 0 saturated carbocycles. The molecule has 0 N–H and O–H groups in total. The third-order valence-corrected chi connectivity index (χ3v) is 20.7. The lowest BCUT2D eigenvalue weighted by Crippen LogP contribution is -2.84. The molecule has 5 nitrogen and oxygen atoms in total. The van der Waals surface area contributed by atoms with E-state index >= 15 is 0 Å². The van der Waals surface area contributed by atoms with Gasteiger partial charge in [-0.05, 0) is 81.0 Å².